The monoisotopic (exact) mass is 328 g/mol. The second kappa shape index (κ2) is 8.01. The number of carbonyl (C=O) groups excluding carboxylic acids is 2. The van der Waals surface area contributed by atoms with Crippen molar-refractivity contribution in [1.29, 1.82) is 0 Å². The summed E-state index contributed by atoms with van der Waals surface area (Å²) in [4.78, 5) is 23.9. The lowest BCUT2D eigenvalue weighted by Gasteiger charge is -2.11. The van der Waals surface area contributed by atoms with Crippen LogP contribution < -0.4 is 20.1 Å². The maximum Gasteiger partial charge on any atom is 0.255 e. The van der Waals surface area contributed by atoms with Gasteiger partial charge in [0.15, 0.2) is 0 Å². The Bertz CT molecular complexity index is 726. The van der Waals surface area contributed by atoms with Gasteiger partial charge in [0.1, 0.15) is 11.5 Å². The Kier molecular flexibility index (Phi) is 5.78. The lowest BCUT2D eigenvalue weighted by molar-refractivity contribution is 0.0943. The molecule has 0 aromatic heterocycles. The Morgan fingerprint density at radius 3 is 2.25 bits per heavy atom. The summed E-state index contributed by atoms with van der Waals surface area (Å²) in [7, 11) is 4.63. The SMILES string of the molecule is CNC(=O)c1ccc(CNC(=O)c2cc(OC)ccc2OC)cc1. The van der Waals surface area contributed by atoms with Gasteiger partial charge in [-0.2, -0.15) is 0 Å². The van der Waals surface area contributed by atoms with Crippen LogP contribution in [0.4, 0.5) is 0 Å². The summed E-state index contributed by atoms with van der Waals surface area (Å²) in [5, 5.41) is 5.39. The maximum absolute atomic E-state index is 12.4. The number of hydrogen-bond acceptors (Lipinski definition) is 4. The van der Waals surface area contributed by atoms with Crippen molar-refractivity contribution in [2.24, 2.45) is 0 Å². The molecule has 2 aromatic carbocycles. The zero-order valence-corrected chi connectivity index (χ0v) is 13.9. The quantitative estimate of drug-likeness (QED) is 0.850. The zero-order chi connectivity index (χ0) is 17.5. The third-order valence-corrected chi connectivity index (χ3v) is 3.55. The molecule has 0 unspecified atom stereocenters. The summed E-state index contributed by atoms with van der Waals surface area (Å²) in [6, 6.07) is 12.1. The van der Waals surface area contributed by atoms with Gasteiger partial charge in [0.25, 0.3) is 11.8 Å². The summed E-state index contributed by atoms with van der Waals surface area (Å²) < 4.78 is 10.4. The zero-order valence-electron chi connectivity index (χ0n) is 13.9. The number of methoxy groups -OCH3 is 2. The van der Waals surface area contributed by atoms with Gasteiger partial charge in [-0.15, -0.1) is 0 Å². The van der Waals surface area contributed by atoms with Crippen LogP contribution in [0.5, 0.6) is 11.5 Å². The molecule has 6 nitrogen and oxygen atoms in total. The fraction of sp³-hybridized carbons (Fsp3) is 0.222. The number of hydrogen-bond donors (Lipinski definition) is 2. The highest BCUT2D eigenvalue weighted by molar-refractivity contribution is 5.97. The second-order valence-corrected chi connectivity index (χ2v) is 5.02. The highest BCUT2D eigenvalue weighted by Gasteiger charge is 2.13. The molecule has 2 amide bonds. The van der Waals surface area contributed by atoms with Crippen molar-refractivity contribution in [3.63, 3.8) is 0 Å². The predicted octanol–water partition coefficient (Wildman–Crippen LogP) is 1.99. The van der Waals surface area contributed by atoms with Gasteiger partial charge in [-0.25, -0.2) is 0 Å². The Labute approximate surface area is 140 Å². The third-order valence-electron chi connectivity index (χ3n) is 3.55. The molecule has 0 aliphatic rings. The van der Waals surface area contributed by atoms with E-state index >= 15 is 0 Å². The van der Waals surface area contributed by atoms with Crippen LogP contribution in [0.2, 0.25) is 0 Å². The molecule has 0 aliphatic carbocycles. The van der Waals surface area contributed by atoms with E-state index in [0.717, 1.165) is 5.56 Å². The van der Waals surface area contributed by atoms with Gasteiger partial charge in [0.2, 0.25) is 0 Å². The number of rotatable bonds is 6. The van der Waals surface area contributed by atoms with E-state index in [1.807, 2.05) is 0 Å². The molecule has 2 aromatic rings. The van der Waals surface area contributed by atoms with E-state index in [2.05, 4.69) is 10.6 Å². The molecule has 126 valence electrons. The molecule has 2 N–H and O–H groups in total. The van der Waals surface area contributed by atoms with Crippen LogP contribution in [-0.4, -0.2) is 33.1 Å². The summed E-state index contributed by atoms with van der Waals surface area (Å²) >= 11 is 0. The highest BCUT2D eigenvalue weighted by Crippen LogP contribution is 2.23. The molecule has 0 saturated heterocycles. The van der Waals surface area contributed by atoms with E-state index in [0.29, 0.717) is 29.2 Å². The van der Waals surface area contributed by atoms with Crippen molar-refractivity contribution in [2.45, 2.75) is 6.54 Å². The molecule has 24 heavy (non-hydrogen) atoms. The summed E-state index contributed by atoms with van der Waals surface area (Å²) in [6.45, 7) is 0.340. The van der Waals surface area contributed by atoms with Gasteiger partial charge in [-0.3, -0.25) is 9.59 Å². The van der Waals surface area contributed by atoms with Gasteiger partial charge in [0.05, 0.1) is 19.8 Å². The highest BCUT2D eigenvalue weighted by atomic mass is 16.5. The van der Waals surface area contributed by atoms with Crippen LogP contribution in [0.3, 0.4) is 0 Å². The first-order valence-corrected chi connectivity index (χ1v) is 7.40. The Balaban J connectivity index is 2.06. The molecule has 0 bridgehead atoms. The minimum atomic E-state index is -0.263. The third kappa shape index (κ3) is 4.04. The molecule has 0 saturated carbocycles. The fourth-order valence-corrected chi connectivity index (χ4v) is 2.19. The molecule has 0 radical (unpaired) electrons. The summed E-state index contributed by atoms with van der Waals surface area (Å²) in [5.74, 6) is 0.645. The number of amides is 2. The molecular formula is C18H20N2O4. The summed E-state index contributed by atoms with van der Waals surface area (Å²) in [5.41, 5.74) is 1.86. The largest absolute Gasteiger partial charge is 0.497 e. The first kappa shape index (κ1) is 17.3. The first-order chi connectivity index (χ1) is 11.6. The van der Waals surface area contributed by atoms with Crippen molar-refractivity contribution in [1.82, 2.24) is 10.6 Å². The molecule has 6 heteroatoms. The second-order valence-electron chi connectivity index (χ2n) is 5.02. The van der Waals surface area contributed by atoms with Crippen LogP contribution in [0.15, 0.2) is 42.5 Å². The van der Waals surface area contributed by atoms with Crippen molar-refractivity contribution < 1.29 is 19.1 Å². The maximum atomic E-state index is 12.4. The van der Waals surface area contributed by atoms with Crippen LogP contribution in [0.25, 0.3) is 0 Å². The van der Waals surface area contributed by atoms with E-state index in [9.17, 15) is 9.59 Å². The Morgan fingerprint density at radius 2 is 1.67 bits per heavy atom. The van der Waals surface area contributed by atoms with Gasteiger partial charge in [0, 0.05) is 19.2 Å². The van der Waals surface area contributed by atoms with E-state index in [1.54, 1.807) is 49.5 Å². The normalized spacial score (nSPS) is 9.96. The van der Waals surface area contributed by atoms with Crippen LogP contribution in [-0.2, 0) is 6.54 Å². The Hall–Kier alpha value is -3.02. The number of benzene rings is 2. The van der Waals surface area contributed by atoms with E-state index < -0.39 is 0 Å². The number of ether oxygens (including phenoxy) is 2. The molecule has 2 rings (SSSR count). The standard InChI is InChI=1S/C18H20N2O4/c1-19-17(21)13-6-4-12(5-7-13)11-20-18(22)15-10-14(23-2)8-9-16(15)24-3/h4-10H,11H2,1-3H3,(H,19,21)(H,20,22). The van der Waals surface area contributed by atoms with Crippen LogP contribution >= 0.6 is 0 Å². The van der Waals surface area contributed by atoms with Crippen molar-refractivity contribution in [2.75, 3.05) is 21.3 Å². The average molecular weight is 328 g/mol. The van der Waals surface area contributed by atoms with Gasteiger partial charge >= 0.3 is 0 Å². The van der Waals surface area contributed by atoms with Crippen molar-refractivity contribution in [3.05, 3.63) is 59.2 Å². The number of nitrogens with one attached hydrogen (secondary N) is 2. The smallest absolute Gasteiger partial charge is 0.255 e. The van der Waals surface area contributed by atoms with Gasteiger partial charge in [-0.1, -0.05) is 12.1 Å². The topological polar surface area (TPSA) is 76.7 Å². The lowest BCUT2D eigenvalue weighted by atomic mass is 10.1. The molecule has 0 heterocycles. The van der Waals surface area contributed by atoms with Gasteiger partial charge < -0.3 is 20.1 Å². The lowest BCUT2D eigenvalue weighted by Crippen LogP contribution is -2.23. The first-order valence-electron chi connectivity index (χ1n) is 7.40. The van der Waals surface area contributed by atoms with Crippen LogP contribution in [0.1, 0.15) is 26.3 Å². The molecule has 0 fully saturated rings. The summed E-state index contributed by atoms with van der Waals surface area (Å²) in [6.07, 6.45) is 0. The molecule has 0 aliphatic heterocycles. The van der Waals surface area contributed by atoms with Gasteiger partial charge in [-0.05, 0) is 35.9 Å². The van der Waals surface area contributed by atoms with Crippen molar-refractivity contribution >= 4 is 11.8 Å². The van der Waals surface area contributed by atoms with Crippen molar-refractivity contribution in [3.8, 4) is 11.5 Å². The molecule has 0 atom stereocenters. The fourth-order valence-electron chi connectivity index (χ4n) is 2.19. The molecular weight excluding hydrogens is 308 g/mol. The Morgan fingerprint density at radius 1 is 0.958 bits per heavy atom. The van der Waals surface area contributed by atoms with E-state index in [-0.39, 0.29) is 11.8 Å². The average Bonchev–Trinajstić information content (AvgIpc) is 2.65. The number of carbonyl (C=O) groups is 2. The minimum Gasteiger partial charge on any atom is -0.497 e. The minimum absolute atomic E-state index is 0.147. The van der Waals surface area contributed by atoms with E-state index in [4.69, 9.17) is 9.47 Å². The molecule has 0 spiro atoms. The van der Waals surface area contributed by atoms with E-state index in [1.165, 1.54) is 14.2 Å². The predicted molar refractivity (Wildman–Crippen MR) is 90.5 cm³/mol. The van der Waals surface area contributed by atoms with Crippen LogP contribution in [0, 0.1) is 0 Å².